The fourth-order valence-electron chi connectivity index (χ4n) is 1.13. The number of nitrogens with zero attached hydrogens (tertiary/aromatic N) is 3. The number of alkyl halides is 2. The lowest BCUT2D eigenvalue weighted by molar-refractivity contribution is -0.497. The van der Waals surface area contributed by atoms with E-state index in [0.717, 1.165) is 6.42 Å². The van der Waals surface area contributed by atoms with Crippen LogP contribution in [-0.4, -0.2) is 40.3 Å². The summed E-state index contributed by atoms with van der Waals surface area (Å²) in [5.41, 5.74) is 0. The van der Waals surface area contributed by atoms with E-state index in [1.807, 2.05) is 0 Å². The van der Waals surface area contributed by atoms with Crippen molar-refractivity contribution in [1.82, 2.24) is 4.90 Å². The van der Waals surface area contributed by atoms with Crippen molar-refractivity contribution in [2.75, 3.05) is 20.1 Å². The lowest BCUT2D eigenvalue weighted by Gasteiger charge is -2.27. The zero-order chi connectivity index (χ0) is 10.1. The maximum atomic E-state index is 10.5. The summed E-state index contributed by atoms with van der Waals surface area (Å²) in [5.74, 6) is 0.118. The van der Waals surface area contributed by atoms with Gasteiger partial charge in [0.05, 0.1) is 4.92 Å². The molecule has 0 amide bonds. The molecule has 0 aromatic rings. The summed E-state index contributed by atoms with van der Waals surface area (Å²) in [7, 11) is 1.68. The van der Waals surface area contributed by atoms with Crippen LogP contribution in [0.2, 0.25) is 0 Å². The minimum Gasteiger partial charge on any atom is -0.355 e. The molecule has 0 radical (unpaired) electrons. The Morgan fingerprint density at radius 1 is 1.69 bits per heavy atom. The van der Waals surface area contributed by atoms with Crippen LogP contribution >= 0.6 is 23.2 Å². The van der Waals surface area contributed by atoms with Crippen LogP contribution < -0.4 is 0 Å². The van der Waals surface area contributed by atoms with E-state index in [2.05, 4.69) is 4.99 Å². The second kappa shape index (κ2) is 3.67. The van der Waals surface area contributed by atoms with Gasteiger partial charge in [-0.05, 0) is 29.6 Å². The number of likely N-dealkylation sites (N-methyl/N-ethyl adjacent to an activating group) is 1. The number of halogens is 2. The number of amidine groups is 1. The maximum Gasteiger partial charge on any atom is 0.428 e. The van der Waals surface area contributed by atoms with Crippen molar-refractivity contribution in [3.8, 4) is 0 Å². The Kier molecular flexibility index (Phi) is 2.98. The lowest BCUT2D eigenvalue weighted by Crippen LogP contribution is -2.47. The maximum absolute atomic E-state index is 10.5. The average Bonchev–Trinajstić information content (AvgIpc) is 2.04. The topological polar surface area (TPSA) is 58.7 Å². The van der Waals surface area contributed by atoms with E-state index in [1.165, 1.54) is 0 Å². The van der Waals surface area contributed by atoms with Gasteiger partial charge >= 0.3 is 4.46 Å². The summed E-state index contributed by atoms with van der Waals surface area (Å²) in [6, 6.07) is 0. The second-order valence-corrected chi connectivity index (χ2v) is 4.07. The number of aliphatic imine (C=N–C) groups is 1. The highest BCUT2D eigenvalue weighted by Crippen LogP contribution is 2.26. The van der Waals surface area contributed by atoms with E-state index >= 15 is 0 Å². The van der Waals surface area contributed by atoms with Crippen molar-refractivity contribution >= 4 is 29.0 Å². The summed E-state index contributed by atoms with van der Waals surface area (Å²) in [5, 5.41) is 10.5. The molecule has 1 rings (SSSR count). The lowest BCUT2D eigenvalue weighted by atomic mass is 10.3. The number of hydrogen-bond donors (Lipinski definition) is 0. The third-order valence-corrected chi connectivity index (χ3v) is 2.39. The molecule has 1 aliphatic rings. The van der Waals surface area contributed by atoms with E-state index in [0.29, 0.717) is 13.1 Å². The number of rotatable bonds is 2. The van der Waals surface area contributed by atoms with Crippen molar-refractivity contribution < 1.29 is 4.92 Å². The highest BCUT2D eigenvalue weighted by Gasteiger charge is 2.47. The Hall–Kier alpha value is -0.550. The Bertz CT molecular complexity index is 254. The summed E-state index contributed by atoms with van der Waals surface area (Å²) in [6.45, 7) is 1.22. The van der Waals surface area contributed by atoms with E-state index in [1.54, 1.807) is 11.9 Å². The third-order valence-electron chi connectivity index (χ3n) is 1.77. The molecule has 7 heteroatoms. The van der Waals surface area contributed by atoms with E-state index in [-0.39, 0.29) is 5.84 Å². The Labute approximate surface area is 85.5 Å². The van der Waals surface area contributed by atoms with Crippen LogP contribution in [0.1, 0.15) is 6.42 Å². The molecule has 74 valence electrons. The van der Waals surface area contributed by atoms with E-state index in [4.69, 9.17) is 23.2 Å². The summed E-state index contributed by atoms with van der Waals surface area (Å²) in [6.07, 6.45) is 0.863. The standard InChI is InChI=1S/C6H9Cl2N3O2/c1-10-4-2-3-9-5(10)6(7,8)11(12)13/h2-4H2,1H3. The molecular formula is C6H9Cl2N3O2. The van der Waals surface area contributed by atoms with Gasteiger partial charge in [0.1, 0.15) is 0 Å². The molecule has 0 aromatic carbocycles. The molecule has 0 fully saturated rings. The minimum atomic E-state index is -2.12. The van der Waals surface area contributed by atoms with Crippen LogP contribution in [0.4, 0.5) is 0 Å². The molecule has 0 aromatic heterocycles. The van der Waals surface area contributed by atoms with Crippen molar-refractivity contribution in [3.63, 3.8) is 0 Å². The normalized spacial score (nSPS) is 18.4. The molecule has 5 nitrogen and oxygen atoms in total. The van der Waals surface area contributed by atoms with Crippen molar-refractivity contribution in [2.45, 2.75) is 10.9 Å². The molecule has 0 aliphatic carbocycles. The molecular weight excluding hydrogens is 217 g/mol. The first-order valence-electron chi connectivity index (χ1n) is 3.74. The van der Waals surface area contributed by atoms with Gasteiger partial charge in [0.15, 0.2) is 0 Å². The molecule has 0 saturated carbocycles. The molecule has 0 bridgehead atoms. The fraction of sp³-hybridized carbons (Fsp3) is 0.833. The first-order valence-corrected chi connectivity index (χ1v) is 4.50. The van der Waals surface area contributed by atoms with Crippen LogP contribution in [0.15, 0.2) is 4.99 Å². The van der Waals surface area contributed by atoms with E-state index < -0.39 is 9.38 Å². The fourth-order valence-corrected chi connectivity index (χ4v) is 1.53. The molecule has 13 heavy (non-hydrogen) atoms. The first-order chi connectivity index (χ1) is 5.96. The van der Waals surface area contributed by atoms with Gasteiger partial charge in [-0.15, -0.1) is 0 Å². The molecule has 0 saturated heterocycles. The van der Waals surface area contributed by atoms with Crippen LogP contribution in [0, 0.1) is 10.1 Å². The van der Waals surface area contributed by atoms with Crippen LogP contribution in [-0.2, 0) is 0 Å². The second-order valence-electron chi connectivity index (χ2n) is 2.78. The molecule has 0 spiro atoms. The van der Waals surface area contributed by atoms with Gasteiger partial charge in [0.25, 0.3) is 0 Å². The van der Waals surface area contributed by atoms with Crippen LogP contribution in [0.25, 0.3) is 0 Å². The molecule has 1 heterocycles. The van der Waals surface area contributed by atoms with Gasteiger partial charge in [-0.2, -0.15) is 0 Å². The summed E-state index contributed by atoms with van der Waals surface area (Å²) < 4.78 is -2.12. The van der Waals surface area contributed by atoms with Gasteiger partial charge < -0.3 is 4.90 Å². The van der Waals surface area contributed by atoms with E-state index in [9.17, 15) is 10.1 Å². The monoisotopic (exact) mass is 225 g/mol. The molecule has 0 atom stereocenters. The van der Waals surface area contributed by atoms with Crippen molar-refractivity contribution in [3.05, 3.63) is 10.1 Å². The average molecular weight is 226 g/mol. The number of nitro groups is 1. The molecule has 0 unspecified atom stereocenters. The minimum absolute atomic E-state index is 0.118. The van der Waals surface area contributed by atoms with Gasteiger partial charge in [-0.1, -0.05) is 0 Å². The van der Waals surface area contributed by atoms with Gasteiger partial charge in [0, 0.05) is 20.1 Å². The van der Waals surface area contributed by atoms with Crippen molar-refractivity contribution in [2.24, 2.45) is 4.99 Å². The van der Waals surface area contributed by atoms with Crippen LogP contribution in [0.3, 0.4) is 0 Å². The van der Waals surface area contributed by atoms with Gasteiger partial charge in [-0.25, -0.2) is 0 Å². The quantitative estimate of drug-likeness (QED) is 0.307. The van der Waals surface area contributed by atoms with Gasteiger partial charge in [0.2, 0.25) is 5.84 Å². The SMILES string of the molecule is CN1CCCN=C1C(Cl)(Cl)[N+](=O)[O-]. The third kappa shape index (κ3) is 2.03. The Morgan fingerprint density at radius 3 is 2.77 bits per heavy atom. The van der Waals surface area contributed by atoms with Crippen molar-refractivity contribution in [1.29, 1.82) is 0 Å². The Morgan fingerprint density at radius 2 is 2.31 bits per heavy atom. The molecule has 1 aliphatic heterocycles. The van der Waals surface area contributed by atoms with Gasteiger partial charge in [-0.3, -0.25) is 15.1 Å². The first kappa shape index (κ1) is 10.5. The highest BCUT2D eigenvalue weighted by molar-refractivity contribution is 6.57. The molecule has 0 N–H and O–H groups in total. The van der Waals surface area contributed by atoms with Crippen LogP contribution in [0.5, 0.6) is 0 Å². The summed E-state index contributed by atoms with van der Waals surface area (Å²) >= 11 is 11.1. The summed E-state index contributed by atoms with van der Waals surface area (Å²) in [4.78, 5) is 15.3. The predicted molar refractivity (Wildman–Crippen MR) is 51.0 cm³/mol. The zero-order valence-corrected chi connectivity index (χ0v) is 8.55. The Balaban J connectivity index is 2.91. The number of hydrogen-bond acceptors (Lipinski definition) is 4. The highest BCUT2D eigenvalue weighted by atomic mass is 35.5. The largest absolute Gasteiger partial charge is 0.428 e. The zero-order valence-electron chi connectivity index (χ0n) is 7.04. The predicted octanol–water partition coefficient (Wildman–Crippen LogP) is 1.13. The smallest absolute Gasteiger partial charge is 0.355 e.